The molecule has 2 rings (SSSR count). The van der Waals surface area contributed by atoms with E-state index in [2.05, 4.69) is 52.8 Å². The maximum absolute atomic E-state index is 2.44. The summed E-state index contributed by atoms with van der Waals surface area (Å²) < 4.78 is 0. The lowest BCUT2D eigenvalue weighted by molar-refractivity contribution is 0.173. The van der Waals surface area contributed by atoms with Gasteiger partial charge >= 0.3 is 0 Å². The Morgan fingerprint density at radius 1 is 1.17 bits per heavy atom. The monoisotopic (exact) mass is 244 g/mol. The summed E-state index contributed by atoms with van der Waals surface area (Å²) in [6.45, 7) is 11.6. The van der Waals surface area contributed by atoms with Crippen LogP contribution in [0, 0.1) is 23.7 Å². The molecule has 0 amide bonds. The topological polar surface area (TPSA) is 0 Å². The van der Waals surface area contributed by atoms with E-state index in [0.717, 1.165) is 23.7 Å². The molecule has 0 spiro atoms. The molecule has 0 radical (unpaired) electrons. The van der Waals surface area contributed by atoms with Crippen LogP contribution in [0.3, 0.4) is 0 Å². The van der Waals surface area contributed by atoms with E-state index >= 15 is 0 Å². The largest absolute Gasteiger partial charge is 0.0692 e. The number of hydrogen-bond acceptors (Lipinski definition) is 0. The van der Waals surface area contributed by atoms with Crippen LogP contribution in [0.1, 0.15) is 53.9 Å². The molecule has 3 atom stereocenters. The first-order valence-electron chi connectivity index (χ1n) is 7.56. The second-order valence-corrected chi connectivity index (χ2v) is 6.87. The fourth-order valence-electron chi connectivity index (χ4n) is 3.59. The summed E-state index contributed by atoms with van der Waals surface area (Å²) in [6.07, 6.45) is 11.3. The molecule has 0 aromatic carbocycles. The van der Waals surface area contributed by atoms with Gasteiger partial charge < -0.3 is 0 Å². The van der Waals surface area contributed by atoms with Gasteiger partial charge in [-0.3, -0.25) is 0 Å². The highest BCUT2D eigenvalue weighted by Crippen LogP contribution is 2.43. The summed E-state index contributed by atoms with van der Waals surface area (Å²) in [5, 5.41) is 0. The average Bonchev–Trinajstić information content (AvgIpc) is 2.77. The van der Waals surface area contributed by atoms with Crippen molar-refractivity contribution < 1.29 is 0 Å². The van der Waals surface area contributed by atoms with Crippen molar-refractivity contribution in [3.63, 3.8) is 0 Å². The predicted molar refractivity (Wildman–Crippen MR) is 80.4 cm³/mol. The molecule has 2 aliphatic rings. The predicted octanol–water partition coefficient (Wildman–Crippen LogP) is 5.53. The average molecular weight is 244 g/mol. The molecule has 1 fully saturated rings. The van der Waals surface area contributed by atoms with Crippen LogP contribution in [0.25, 0.3) is 0 Å². The van der Waals surface area contributed by atoms with E-state index in [1.165, 1.54) is 30.4 Å². The van der Waals surface area contributed by atoms with Crippen molar-refractivity contribution in [3.8, 4) is 0 Å². The van der Waals surface area contributed by atoms with Crippen molar-refractivity contribution in [3.05, 3.63) is 34.9 Å². The van der Waals surface area contributed by atoms with Crippen LogP contribution in [0.5, 0.6) is 0 Å². The standard InChI is InChI=1S/C18H28/c1-12(2)15-7-8-16(11-15)18-10-14(5)6-9-17(18)13(3)4/h7-8,11,13-14,17-18H,6,9-10H2,1-5H3/t14-,17+,18-/m1/s1. The number of rotatable bonds is 2. The van der Waals surface area contributed by atoms with E-state index < -0.39 is 0 Å². The van der Waals surface area contributed by atoms with Crippen LogP contribution in [-0.4, -0.2) is 0 Å². The Morgan fingerprint density at radius 3 is 2.44 bits per heavy atom. The zero-order valence-corrected chi connectivity index (χ0v) is 12.7. The molecule has 0 nitrogen and oxygen atoms in total. The Balaban J connectivity index is 2.22. The van der Waals surface area contributed by atoms with E-state index in [1.807, 2.05) is 0 Å². The molecule has 0 heterocycles. The van der Waals surface area contributed by atoms with Crippen LogP contribution in [0.15, 0.2) is 34.9 Å². The molecule has 2 aliphatic carbocycles. The highest BCUT2D eigenvalue weighted by atomic mass is 14.4. The molecule has 1 saturated carbocycles. The zero-order chi connectivity index (χ0) is 13.3. The van der Waals surface area contributed by atoms with Crippen LogP contribution < -0.4 is 0 Å². The van der Waals surface area contributed by atoms with Gasteiger partial charge in [0, 0.05) is 0 Å². The molecule has 0 aromatic rings. The molecule has 0 unspecified atom stereocenters. The van der Waals surface area contributed by atoms with Gasteiger partial charge in [0.1, 0.15) is 0 Å². The quantitative estimate of drug-likeness (QED) is 0.599. The van der Waals surface area contributed by atoms with Crippen molar-refractivity contribution in [2.75, 3.05) is 0 Å². The Bertz CT molecular complexity index is 388. The molecular formula is C18H28. The van der Waals surface area contributed by atoms with E-state index in [-0.39, 0.29) is 0 Å². The van der Waals surface area contributed by atoms with Crippen molar-refractivity contribution in [2.24, 2.45) is 23.7 Å². The van der Waals surface area contributed by atoms with Gasteiger partial charge in [0.2, 0.25) is 0 Å². The molecule has 0 saturated heterocycles. The van der Waals surface area contributed by atoms with Gasteiger partial charge in [-0.15, -0.1) is 0 Å². The lowest BCUT2D eigenvalue weighted by Crippen LogP contribution is -2.28. The third-order valence-corrected chi connectivity index (χ3v) is 4.81. The Kier molecular flexibility index (Phi) is 4.14. The van der Waals surface area contributed by atoms with Gasteiger partial charge in [-0.05, 0) is 61.5 Å². The third kappa shape index (κ3) is 2.79. The lowest BCUT2D eigenvalue weighted by Gasteiger charge is -2.38. The Morgan fingerprint density at radius 2 is 1.89 bits per heavy atom. The lowest BCUT2D eigenvalue weighted by atomic mass is 9.67. The molecular weight excluding hydrogens is 216 g/mol. The van der Waals surface area contributed by atoms with Gasteiger partial charge in [0.15, 0.2) is 0 Å². The smallest absolute Gasteiger partial charge is 0.0128 e. The minimum Gasteiger partial charge on any atom is -0.0692 e. The summed E-state index contributed by atoms with van der Waals surface area (Å²) in [7, 11) is 0. The van der Waals surface area contributed by atoms with Crippen LogP contribution in [-0.2, 0) is 0 Å². The van der Waals surface area contributed by atoms with Crippen LogP contribution >= 0.6 is 0 Å². The molecule has 0 aliphatic heterocycles. The maximum Gasteiger partial charge on any atom is -0.0128 e. The maximum atomic E-state index is 2.44. The zero-order valence-electron chi connectivity index (χ0n) is 12.7. The summed E-state index contributed by atoms with van der Waals surface area (Å²) in [6, 6.07) is 0. The van der Waals surface area contributed by atoms with Crippen molar-refractivity contribution >= 4 is 0 Å². The minimum atomic E-state index is 0.793. The molecule has 0 bridgehead atoms. The van der Waals surface area contributed by atoms with E-state index in [9.17, 15) is 0 Å². The van der Waals surface area contributed by atoms with Crippen molar-refractivity contribution in [1.29, 1.82) is 0 Å². The number of hydrogen-bond donors (Lipinski definition) is 0. The molecule has 100 valence electrons. The summed E-state index contributed by atoms with van der Waals surface area (Å²) >= 11 is 0. The fourth-order valence-corrected chi connectivity index (χ4v) is 3.59. The van der Waals surface area contributed by atoms with Crippen molar-refractivity contribution in [1.82, 2.24) is 0 Å². The normalized spacial score (nSPS) is 32.0. The van der Waals surface area contributed by atoms with Gasteiger partial charge in [-0.1, -0.05) is 51.0 Å². The highest BCUT2D eigenvalue weighted by Gasteiger charge is 2.32. The Hall–Kier alpha value is -0.780. The van der Waals surface area contributed by atoms with Gasteiger partial charge in [0.05, 0.1) is 0 Å². The van der Waals surface area contributed by atoms with Gasteiger partial charge in [-0.2, -0.15) is 0 Å². The third-order valence-electron chi connectivity index (χ3n) is 4.81. The summed E-state index contributed by atoms with van der Waals surface area (Å²) in [5.41, 5.74) is 4.47. The van der Waals surface area contributed by atoms with Crippen molar-refractivity contribution in [2.45, 2.75) is 53.9 Å². The molecule has 0 aromatic heterocycles. The van der Waals surface area contributed by atoms with E-state index in [0.29, 0.717) is 0 Å². The molecule has 0 N–H and O–H groups in total. The van der Waals surface area contributed by atoms with Gasteiger partial charge in [0.25, 0.3) is 0 Å². The SMILES string of the molecule is CC(C)=C1C=CC([C@H]2C[C@H](C)CC[C@H]2C(C)C)=C1. The minimum absolute atomic E-state index is 0.793. The summed E-state index contributed by atoms with van der Waals surface area (Å²) in [4.78, 5) is 0. The Labute approximate surface area is 113 Å². The van der Waals surface area contributed by atoms with Gasteiger partial charge in [-0.25, -0.2) is 0 Å². The molecule has 0 heteroatoms. The molecule has 18 heavy (non-hydrogen) atoms. The first-order valence-corrected chi connectivity index (χ1v) is 7.56. The van der Waals surface area contributed by atoms with Crippen LogP contribution in [0.2, 0.25) is 0 Å². The fraction of sp³-hybridized carbons (Fsp3) is 0.667. The first-order chi connectivity index (χ1) is 8.49. The second kappa shape index (κ2) is 5.47. The summed E-state index contributed by atoms with van der Waals surface area (Å²) in [5.74, 6) is 3.39. The second-order valence-electron chi connectivity index (χ2n) is 6.87. The van der Waals surface area contributed by atoms with E-state index in [1.54, 1.807) is 5.57 Å². The first kappa shape index (κ1) is 13.6. The highest BCUT2D eigenvalue weighted by molar-refractivity contribution is 5.48. The number of allylic oxidation sites excluding steroid dienone is 6. The van der Waals surface area contributed by atoms with E-state index in [4.69, 9.17) is 0 Å². The van der Waals surface area contributed by atoms with Crippen LogP contribution in [0.4, 0.5) is 0 Å².